The molecule has 0 aromatic heterocycles. The number of carbonyl (C=O) groups excluding carboxylic acids is 3. The third-order valence-electron chi connectivity index (χ3n) is 2.77. The number of carbonyl (C=O) groups is 3. The van der Waals surface area contributed by atoms with Gasteiger partial charge in [-0.3, -0.25) is 9.59 Å². The summed E-state index contributed by atoms with van der Waals surface area (Å²) in [5.74, 6) is -1.62. The van der Waals surface area contributed by atoms with Crippen molar-refractivity contribution in [2.45, 2.75) is 33.1 Å². The van der Waals surface area contributed by atoms with Crippen LogP contribution in [0.25, 0.3) is 0 Å². The van der Waals surface area contributed by atoms with E-state index in [0.717, 1.165) is 5.56 Å². The van der Waals surface area contributed by atoms with Crippen LogP contribution >= 0.6 is 0 Å². The molecule has 1 amide bonds. The highest BCUT2D eigenvalue weighted by atomic mass is 16.7. The average molecular weight is 277 g/mol. The summed E-state index contributed by atoms with van der Waals surface area (Å²) in [6, 6.07) is 9.69. The zero-order chi connectivity index (χ0) is 15.0. The van der Waals surface area contributed by atoms with E-state index in [1.165, 1.54) is 6.92 Å². The van der Waals surface area contributed by atoms with Gasteiger partial charge in [-0.2, -0.15) is 5.48 Å². The molecule has 0 saturated carbocycles. The molecule has 5 nitrogen and oxygen atoms in total. The van der Waals surface area contributed by atoms with Gasteiger partial charge in [-0.15, -0.1) is 0 Å². The van der Waals surface area contributed by atoms with Crippen molar-refractivity contribution in [3.8, 4) is 0 Å². The first-order valence-electron chi connectivity index (χ1n) is 6.52. The molecule has 0 heterocycles. The van der Waals surface area contributed by atoms with Crippen LogP contribution in [0.1, 0.15) is 32.3 Å². The molecule has 5 heteroatoms. The summed E-state index contributed by atoms with van der Waals surface area (Å²) in [5, 5.41) is 0. The first-order valence-corrected chi connectivity index (χ1v) is 6.52. The molecule has 0 bridgehead atoms. The Labute approximate surface area is 118 Å². The molecule has 0 aliphatic carbocycles. The minimum absolute atomic E-state index is 0.00104. The quantitative estimate of drug-likeness (QED) is 0.805. The Bertz CT molecular complexity index is 470. The fourth-order valence-electron chi connectivity index (χ4n) is 1.68. The van der Waals surface area contributed by atoms with E-state index in [9.17, 15) is 14.4 Å². The van der Waals surface area contributed by atoms with Gasteiger partial charge in [-0.1, -0.05) is 37.3 Å². The zero-order valence-corrected chi connectivity index (χ0v) is 11.7. The fourth-order valence-corrected chi connectivity index (χ4v) is 1.68. The second-order valence-corrected chi connectivity index (χ2v) is 4.71. The van der Waals surface area contributed by atoms with E-state index in [2.05, 4.69) is 4.84 Å². The second kappa shape index (κ2) is 8.09. The minimum Gasteiger partial charge on any atom is -0.341 e. The van der Waals surface area contributed by atoms with Crippen LogP contribution in [-0.4, -0.2) is 17.7 Å². The van der Waals surface area contributed by atoms with Gasteiger partial charge in [0.25, 0.3) is 0 Å². The molecule has 0 radical (unpaired) electrons. The number of rotatable bonds is 6. The summed E-state index contributed by atoms with van der Waals surface area (Å²) in [4.78, 5) is 38.4. The van der Waals surface area contributed by atoms with E-state index >= 15 is 0 Å². The Morgan fingerprint density at radius 1 is 1.20 bits per heavy atom. The molecule has 0 fully saturated rings. The first kappa shape index (κ1) is 15.9. The lowest BCUT2D eigenvalue weighted by Crippen LogP contribution is -2.28. The van der Waals surface area contributed by atoms with Crippen LogP contribution < -0.4 is 5.48 Å². The van der Waals surface area contributed by atoms with Gasteiger partial charge in [-0.05, 0) is 12.0 Å². The van der Waals surface area contributed by atoms with E-state index in [1.807, 2.05) is 35.8 Å². The largest absolute Gasteiger partial charge is 0.341 e. The Morgan fingerprint density at radius 3 is 2.45 bits per heavy atom. The lowest BCUT2D eigenvalue weighted by Gasteiger charge is -2.09. The van der Waals surface area contributed by atoms with Crippen LogP contribution in [0.15, 0.2) is 30.3 Å². The van der Waals surface area contributed by atoms with Crippen molar-refractivity contribution in [2.75, 3.05) is 0 Å². The third kappa shape index (κ3) is 6.13. The monoisotopic (exact) mass is 277 g/mol. The maximum absolute atomic E-state index is 11.8. The molecule has 108 valence electrons. The van der Waals surface area contributed by atoms with Crippen LogP contribution in [0.5, 0.6) is 0 Å². The van der Waals surface area contributed by atoms with Crippen LogP contribution in [0.4, 0.5) is 0 Å². The van der Waals surface area contributed by atoms with Crippen molar-refractivity contribution in [1.82, 2.24) is 5.48 Å². The number of hydrogen-bond acceptors (Lipinski definition) is 4. The summed E-state index contributed by atoms with van der Waals surface area (Å²) in [7, 11) is 0. The van der Waals surface area contributed by atoms with Crippen molar-refractivity contribution in [2.24, 2.45) is 5.92 Å². The molecule has 0 aliphatic rings. The molecule has 1 unspecified atom stereocenters. The van der Waals surface area contributed by atoms with E-state index in [4.69, 9.17) is 0 Å². The Kier molecular flexibility index (Phi) is 6.43. The predicted molar refractivity (Wildman–Crippen MR) is 73.5 cm³/mol. The summed E-state index contributed by atoms with van der Waals surface area (Å²) >= 11 is 0. The number of ketones is 1. The van der Waals surface area contributed by atoms with Gasteiger partial charge >= 0.3 is 5.97 Å². The molecule has 1 atom stereocenters. The van der Waals surface area contributed by atoms with Gasteiger partial charge in [0.05, 0.1) is 5.92 Å². The third-order valence-corrected chi connectivity index (χ3v) is 2.77. The fraction of sp³-hybridized carbons (Fsp3) is 0.400. The van der Waals surface area contributed by atoms with Crippen LogP contribution in [0.2, 0.25) is 0 Å². The summed E-state index contributed by atoms with van der Waals surface area (Å²) < 4.78 is 0. The Balaban J connectivity index is 2.30. The van der Waals surface area contributed by atoms with Crippen molar-refractivity contribution in [3.05, 3.63) is 35.9 Å². The summed E-state index contributed by atoms with van der Waals surface area (Å²) in [5.41, 5.74) is 3.05. The van der Waals surface area contributed by atoms with Gasteiger partial charge < -0.3 is 4.84 Å². The minimum atomic E-state index is -0.603. The van der Waals surface area contributed by atoms with Gasteiger partial charge in [0.1, 0.15) is 5.78 Å². The maximum atomic E-state index is 11.8. The molecule has 1 rings (SSSR count). The first-order chi connectivity index (χ1) is 9.49. The SMILES string of the molecule is CC(=O)NOC(=O)C(C)CC(=O)CCc1ccccc1. The van der Waals surface area contributed by atoms with Gasteiger partial charge in [0.2, 0.25) is 5.91 Å². The summed E-state index contributed by atoms with van der Waals surface area (Å²) in [6.07, 6.45) is 1.17. The van der Waals surface area contributed by atoms with Crippen LogP contribution in [0, 0.1) is 5.92 Å². The van der Waals surface area contributed by atoms with Crippen LogP contribution in [-0.2, 0) is 25.6 Å². The lowest BCUT2D eigenvalue weighted by atomic mass is 10.00. The van der Waals surface area contributed by atoms with E-state index in [1.54, 1.807) is 6.92 Å². The normalized spacial score (nSPS) is 11.5. The Morgan fingerprint density at radius 2 is 1.85 bits per heavy atom. The lowest BCUT2D eigenvalue weighted by molar-refractivity contribution is -0.161. The number of amides is 1. The molecule has 0 spiro atoms. The zero-order valence-electron chi connectivity index (χ0n) is 11.7. The van der Waals surface area contributed by atoms with Gasteiger partial charge in [0, 0.05) is 19.8 Å². The average Bonchev–Trinajstić information content (AvgIpc) is 2.43. The number of hydrogen-bond donors (Lipinski definition) is 1. The smallest absolute Gasteiger partial charge is 0.335 e. The van der Waals surface area contributed by atoms with E-state index in [-0.39, 0.29) is 12.2 Å². The van der Waals surface area contributed by atoms with Gasteiger partial charge in [-0.25, -0.2) is 4.79 Å². The second-order valence-electron chi connectivity index (χ2n) is 4.71. The molecule has 20 heavy (non-hydrogen) atoms. The predicted octanol–water partition coefficient (Wildman–Crippen LogP) is 1.81. The highest BCUT2D eigenvalue weighted by Crippen LogP contribution is 2.09. The topological polar surface area (TPSA) is 72.5 Å². The molecule has 1 aromatic carbocycles. The number of aryl methyl sites for hydroxylation is 1. The number of Topliss-reactive ketones (excluding diaryl/α,β-unsaturated/α-hetero) is 1. The maximum Gasteiger partial charge on any atom is 0.335 e. The van der Waals surface area contributed by atoms with E-state index < -0.39 is 17.8 Å². The molecular weight excluding hydrogens is 258 g/mol. The molecular formula is C15H19NO4. The van der Waals surface area contributed by atoms with E-state index in [0.29, 0.717) is 12.8 Å². The molecule has 1 aromatic rings. The van der Waals surface area contributed by atoms with Crippen LogP contribution in [0.3, 0.4) is 0 Å². The highest BCUT2D eigenvalue weighted by Gasteiger charge is 2.19. The van der Waals surface area contributed by atoms with Gasteiger partial charge in [0.15, 0.2) is 0 Å². The molecule has 0 aliphatic heterocycles. The number of benzene rings is 1. The Hall–Kier alpha value is -2.17. The van der Waals surface area contributed by atoms with Crippen molar-refractivity contribution in [3.63, 3.8) is 0 Å². The van der Waals surface area contributed by atoms with Crippen molar-refractivity contribution in [1.29, 1.82) is 0 Å². The number of nitrogens with one attached hydrogen (secondary N) is 1. The highest BCUT2D eigenvalue weighted by molar-refractivity contribution is 5.85. The number of hydroxylamine groups is 1. The molecule has 0 saturated heterocycles. The van der Waals surface area contributed by atoms with Crippen molar-refractivity contribution < 1.29 is 19.2 Å². The van der Waals surface area contributed by atoms with Crippen molar-refractivity contribution >= 4 is 17.7 Å². The molecule has 1 N–H and O–H groups in total. The summed E-state index contributed by atoms with van der Waals surface area (Å²) in [6.45, 7) is 2.84. The standard InChI is InChI=1S/C15H19NO4/c1-11(15(19)20-16-12(2)17)10-14(18)9-8-13-6-4-3-5-7-13/h3-7,11H,8-10H2,1-2H3,(H,16,17).